The number of aliphatic hydroxyl groups excluding tert-OH is 5. The normalized spacial score (nSPS) is 20.4. The number of amides is 1. The van der Waals surface area contributed by atoms with Crippen LogP contribution >= 0.6 is 0 Å². The molecule has 6 N–H and O–H groups in total. The molecule has 0 radical (unpaired) electrons. The van der Waals surface area contributed by atoms with Crippen LogP contribution in [-0.2, 0) is 14.3 Å². The minimum atomic E-state index is -1.58. The Kier molecular flexibility index (Phi) is 44.3. The average molecular weight is 952 g/mol. The SMILES string of the molecule is CC/C=C\C/C=C\C/C=C\C/C=C\C/C=C\C/C=C\CCCCCCCCC(=O)NC(COC1OC(CO)C(O)C(O)C1O)C(O)/C=C/CC/C=C/CCCCCCCCCCCCCCCC. The zero-order chi connectivity index (χ0) is 49.4. The largest absolute Gasteiger partial charge is 0.394 e. The van der Waals surface area contributed by atoms with E-state index in [4.69, 9.17) is 9.47 Å². The predicted octanol–water partition coefficient (Wildman–Crippen LogP) is 13.2. The topological polar surface area (TPSA) is 149 Å². The molecule has 1 fully saturated rings. The number of ether oxygens (including phenoxy) is 2. The third-order valence-corrected chi connectivity index (χ3v) is 12.4. The molecule has 0 aromatic rings. The molecule has 0 spiro atoms. The molecule has 0 aliphatic carbocycles. The van der Waals surface area contributed by atoms with E-state index in [1.165, 1.54) is 89.9 Å². The van der Waals surface area contributed by atoms with E-state index in [-0.39, 0.29) is 12.5 Å². The van der Waals surface area contributed by atoms with Crippen molar-refractivity contribution in [3.05, 3.63) is 97.2 Å². The van der Waals surface area contributed by atoms with Gasteiger partial charge in [0.1, 0.15) is 24.4 Å². The maximum absolute atomic E-state index is 13.0. The Morgan fingerprint density at radius 2 is 0.926 bits per heavy atom. The summed E-state index contributed by atoms with van der Waals surface area (Å²) in [6.07, 6.45) is 61.7. The van der Waals surface area contributed by atoms with Gasteiger partial charge in [0.25, 0.3) is 0 Å². The van der Waals surface area contributed by atoms with Crippen molar-refractivity contribution in [1.29, 1.82) is 0 Å². The minimum Gasteiger partial charge on any atom is -0.394 e. The number of unbranched alkanes of at least 4 members (excludes halogenated alkanes) is 21. The quantitative estimate of drug-likeness (QED) is 0.0261. The first-order valence-corrected chi connectivity index (χ1v) is 27.5. The summed E-state index contributed by atoms with van der Waals surface area (Å²) in [6.45, 7) is 3.64. The third kappa shape index (κ3) is 37.0. The molecule has 0 aromatic carbocycles. The standard InChI is InChI=1S/C59H101NO8/c1-3-5-7-9-11-13-15-17-19-21-23-25-26-27-28-29-31-33-35-37-39-41-43-45-47-49-55(63)60-52(51-67-59-58(66)57(65)56(64)54(50-61)68-59)53(62)48-46-44-42-40-38-36-34-32-30-24-22-20-18-16-14-12-10-8-6-4-2/h5,7,11,13,17,19,23,25,27-28,31,33,38,40,46,48,52-54,56-59,61-62,64-66H,3-4,6,8-10,12,14-16,18,20-22,24,26,29-30,32,34-37,39,41-45,47,49-51H2,1-2H3,(H,60,63)/b7-5-,13-11-,19-17-,25-23-,28-27-,33-31-,40-38+,48-46+. The summed E-state index contributed by atoms with van der Waals surface area (Å²) in [6, 6.07) is -0.837. The molecule has 390 valence electrons. The number of allylic oxidation sites excluding steroid dienone is 15. The molecule has 1 amide bonds. The highest BCUT2D eigenvalue weighted by Gasteiger charge is 2.44. The molecule has 1 saturated heterocycles. The lowest BCUT2D eigenvalue weighted by Gasteiger charge is -2.40. The molecule has 0 aromatic heterocycles. The Morgan fingerprint density at radius 3 is 1.41 bits per heavy atom. The summed E-state index contributed by atoms with van der Waals surface area (Å²) in [7, 11) is 0. The Bertz CT molecular complexity index is 1380. The van der Waals surface area contributed by atoms with E-state index in [1.807, 2.05) is 6.08 Å². The predicted molar refractivity (Wildman–Crippen MR) is 285 cm³/mol. The van der Waals surface area contributed by atoms with Gasteiger partial charge in [-0.25, -0.2) is 0 Å². The van der Waals surface area contributed by atoms with Crippen molar-refractivity contribution < 1.29 is 39.8 Å². The van der Waals surface area contributed by atoms with Crippen molar-refractivity contribution in [3.63, 3.8) is 0 Å². The van der Waals surface area contributed by atoms with E-state index in [1.54, 1.807) is 6.08 Å². The van der Waals surface area contributed by atoms with Crippen LogP contribution in [0.25, 0.3) is 0 Å². The first-order valence-electron chi connectivity index (χ1n) is 27.5. The smallest absolute Gasteiger partial charge is 0.220 e. The molecule has 68 heavy (non-hydrogen) atoms. The maximum Gasteiger partial charge on any atom is 0.220 e. The van der Waals surface area contributed by atoms with E-state index in [0.29, 0.717) is 6.42 Å². The van der Waals surface area contributed by atoms with Crippen LogP contribution in [0.4, 0.5) is 0 Å². The molecule has 9 nitrogen and oxygen atoms in total. The Morgan fingerprint density at radius 1 is 0.515 bits per heavy atom. The highest BCUT2D eigenvalue weighted by molar-refractivity contribution is 5.76. The lowest BCUT2D eigenvalue weighted by molar-refractivity contribution is -0.302. The van der Waals surface area contributed by atoms with Gasteiger partial charge in [-0.2, -0.15) is 0 Å². The van der Waals surface area contributed by atoms with Crippen molar-refractivity contribution in [2.24, 2.45) is 0 Å². The van der Waals surface area contributed by atoms with Gasteiger partial charge in [0.2, 0.25) is 5.91 Å². The number of aliphatic hydroxyl groups is 5. The molecule has 1 rings (SSSR count). The van der Waals surface area contributed by atoms with Crippen molar-refractivity contribution in [1.82, 2.24) is 5.32 Å². The lowest BCUT2D eigenvalue weighted by Crippen LogP contribution is -2.60. The minimum absolute atomic E-state index is 0.205. The molecule has 7 unspecified atom stereocenters. The molecular formula is C59H101NO8. The molecule has 1 aliphatic heterocycles. The number of nitrogens with one attached hydrogen (secondary N) is 1. The number of rotatable bonds is 45. The van der Waals surface area contributed by atoms with E-state index in [9.17, 15) is 30.3 Å². The van der Waals surface area contributed by atoms with Crippen LogP contribution in [0, 0.1) is 0 Å². The van der Waals surface area contributed by atoms with Gasteiger partial charge in [0.15, 0.2) is 6.29 Å². The van der Waals surface area contributed by atoms with Crippen LogP contribution in [0.2, 0.25) is 0 Å². The van der Waals surface area contributed by atoms with E-state index in [0.717, 1.165) is 103 Å². The molecule has 0 saturated carbocycles. The summed E-state index contributed by atoms with van der Waals surface area (Å²) in [5.74, 6) is -0.205. The fourth-order valence-corrected chi connectivity index (χ4v) is 8.06. The first kappa shape index (κ1) is 63.1. The monoisotopic (exact) mass is 952 g/mol. The van der Waals surface area contributed by atoms with Crippen molar-refractivity contribution in [2.75, 3.05) is 13.2 Å². The molecule has 1 aliphatic rings. The van der Waals surface area contributed by atoms with Gasteiger partial charge >= 0.3 is 0 Å². The molecule has 1 heterocycles. The van der Waals surface area contributed by atoms with Gasteiger partial charge in [-0.05, 0) is 83.5 Å². The van der Waals surface area contributed by atoms with Crippen LogP contribution < -0.4 is 5.32 Å². The number of hydrogen-bond donors (Lipinski definition) is 6. The number of carbonyl (C=O) groups excluding carboxylic acids is 1. The second kappa shape index (κ2) is 47.8. The Hall–Kier alpha value is -2.89. The molecule has 9 heteroatoms. The first-order chi connectivity index (χ1) is 33.3. The van der Waals surface area contributed by atoms with Crippen molar-refractivity contribution in [2.45, 2.75) is 256 Å². The fourth-order valence-electron chi connectivity index (χ4n) is 8.06. The van der Waals surface area contributed by atoms with E-state index < -0.39 is 49.5 Å². The van der Waals surface area contributed by atoms with E-state index >= 15 is 0 Å². The van der Waals surface area contributed by atoms with Crippen LogP contribution in [0.1, 0.15) is 213 Å². The van der Waals surface area contributed by atoms with Crippen LogP contribution in [0.3, 0.4) is 0 Å². The summed E-state index contributed by atoms with van der Waals surface area (Å²) < 4.78 is 11.2. The van der Waals surface area contributed by atoms with Gasteiger partial charge in [-0.1, -0.05) is 220 Å². The zero-order valence-corrected chi connectivity index (χ0v) is 43.1. The van der Waals surface area contributed by atoms with Gasteiger partial charge < -0.3 is 40.3 Å². The van der Waals surface area contributed by atoms with Gasteiger partial charge in [-0.3, -0.25) is 4.79 Å². The summed E-state index contributed by atoms with van der Waals surface area (Å²) >= 11 is 0. The van der Waals surface area contributed by atoms with Crippen LogP contribution in [0.5, 0.6) is 0 Å². The van der Waals surface area contributed by atoms with Gasteiger partial charge in [-0.15, -0.1) is 0 Å². The Balaban J connectivity index is 2.31. The molecular weight excluding hydrogens is 851 g/mol. The van der Waals surface area contributed by atoms with Gasteiger partial charge in [0.05, 0.1) is 25.4 Å². The Labute approximate surface area is 415 Å². The molecule has 0 bridgehead atoms. The van der Waals surface area contributed by atoms with Crippen LogP contribution in [-0.4, -0.2) is 87.5 Å². The van der Waals surface area contributed by atoms with Gasteiger partial charge in [0, 0.05) is 6.42 Å². The summed E-state index contributed by atoms with van der Waals surface area (Å²) in [5.41, 5.74) is 0. The number of hydrogen-bond acceptors (Lipinski definition) is 8. The van der Waals surface area contributed by atoms with Crippen molar-refractivity contribution >= 4 is 5.91 Å². The number of carbonyl (C=O) groups is 1. The summed E-state index contributed by atoms with van der Waals surface area (Å²) in [5, 5.41) is 54.4. The van der Waals surface area contributed by atoms with E-state index in [2.05, 4.69) is 104 Å². The van der Waals surface area contributed by atoms with Crippen molar-refractivity contribution in [3.8, 4) is 0 Å². The second-order valence-corrected chi connectivity index (χ2v) is 18.6. The molecule has 7 atom stereocenters. The van der Waals surface area contributed by atoms with Crippen LogP contribution in [0.15, 0.2) is 97.2 Å². The third-order valence-electron chi connectivity index (χ3n) is 12.4. The maximum atomic E-state index is 13.0. The highest BCUT2D eigenvalue weighted by Crippen LogP contribution is 2.23. The average Bonchev–Trinajstić information content (AvgIpc) is 3.34. The highest BCUT2D eigenvalue weighted by atomic mass is 16.7. The summed E-state index contributed by atoms with van der Waals surface area (Å²) in [4.78, 5) is 13.0. The second-order valence-electron chi connectivity index (χ2n) is 18.6. The fraction of sp³-hybridized carbons (Fsp3) is 0.712. The lowest BCUT2D eigenvalue weighted by atomic mass is 9.99. The zero-order valence-electron chi connectivity index (χ0n) is 43.1.